The number of hydrogen-bond acceptors (Lipinski definition) is 1. The van der Waals surface area contributed by atoms with Gasteiger partial charge in [-0.05, 0) is 48.1 Å². The minimum Gasteiger partial charge on any atom is -0.207 e. The number of benzene rings is 1. The summed E-state index contributed by atoms with van der Waals surface area (Å²) in [7, 11) is 0. The van der Waals surface area contributed by atoms with Gasteiger partial charge < -0.3 is 0 Å². The predicted octanol–water partition coefficient (Wildman–Crippen LogP) is 3.07. The van der Waals surface area contributed by atoms with Crippen LogP contribution in [0.2, 0.25) is 0 Å². The third kappa shape index (κ3) is 1.54. The lowest BCUT2D eigenvalue weighted by molar-refractivity contribution is 0.625. The average Bonchev–Trinajstić information content (AvgIpc) is 2.19. The molecule has 1 aromatic rings. The Balaban J connectivity index is 2.53. The van der Waals surface area contributed by atoms with Gasteiger partial charge >= 0.3 is 0 Å². The number of nitriles is 1. The van der Waals surface area contributed by atoms with E-state index in [1.165, 1.54) is 18.2 Å². The number of rotatable bonds is 0. The van der Waals surface area contributed by atoms with Crippen molar-refractivity contribution < 1.29 is 4.39 Å². The van der Waals surface area contributed by atoms with E-state index >= 15 is 0 Å². The monoisotopic (exact) mass is 187 g/mol. The summed E-state index contributed by atoms with van der Waals surface area (Å²) in [4.78, 5) is 0. The number of fused-ring (bicyclic) bond motifs is 1. The molecule has 0 spiro atoms. The summed E-state index contributed by atoms with van der Waals surface area (Å²) in [6, 6.07) is 6.83. The lowest BCUT2D eigenvalue weighted by Crippen LogP contribution is -2.02. The number of allylic oxidation sites excluding steroid dienone is 2. The molecule has 0 N–H and O–H groups in total. The molecule has 2 rings (SSSR count). The summed E-state index contributed by atoms with van der Waals surface area (Å²) in [5.41, 5.74) is 3.03. The Morgan fingerprint density at radius 2 is 2.21 bits per heavy atom. The second kappa shape index (κ2) is 3.63. The molecule has 0 radical (unpaired) electrons. The molecule has 0 saturated heterocycles. The molecule has 0 fully saturated rings. The predicted molar refractivity (Wildman–Crippen MR) is 52.9 cm³/mol. The fraction of sp³-hybridized carbons (Fsp3) is 0.250. The molecular formula is C12H10FN. The summed E-state index contributed by atoms with van der Waals surface area (Å²) in [6.45, 7) is 0. The Morgan fingerprint density at radius 1 is 1.36 bits per heavy atom. The van der Waals surface area contributed by atoms with E-state index in [0.29, 0.717) is 0 Å². The van der Waals surface area contributed by atoms with Gasteiger partial charge in [-0.1, -0.05) is 6.07 Å². The Morgan fingerprint density at radius 3 is 3.00 bits per heavy atom. The van der Waals surface area contributed by atoms with E-state index in [2.05, 4.69) is 0 Å². The summed E-state index contributed by atoms with van der Waals surface area (Å²) < 4.78 is 13.0. The molecule has 0 saturated carbocycles. The van der Waals surface area contributed by atoms with Crippen LogP contribution in [0.4, 0.5) is 4.39 Å². The van der Waals surface area contributed by atoms with Crippen molar-refractivity contribution >= 4 is 5.57 Å². The minimum absolute atomic E-state index is 0.227. The zero-order valence-corrected chi connectivity index (χ0v) is 7.76. The summed E-state index contributed by atoms with van der Waals surface area (Å²) in [6.07, 6.45) is 4.44. The van der Waals surface area contributed by atoms with E-state index in [4.69, 9.17) is 5.26 Å². The van der Waals surface area contributed by atoms with Crippen LogP contribution >= 0.6 is 0 Å². The highest BCUT2D eigenvalue weighted by molar-refractivity contribution is 5.71. The number of nitrogens with zero attached hydrogens (tertiary/aromatic N) is 1. The van der Waals surface area contributed by atoms with E-state index in [1.807, 2.05) is 12.1 Å². The topological polar surface area (TPSA) is 23.8 Å². The quantitative estimate of drug-likeness (QED) is 0.572. The molecule has 0 heterocycles. The zero-order valence-electron chi connectivity index (χ0n) is 7.76. The van der Waals surface area contributed by atoms with Gasteiger partial charge in [-0.2, -0.15) is 5.26 Å². The summed E-state index contributed by atoms with van der Waals surface area (Å²) in [5, 5.41) is 8.59. The van der Waals surface area contributed by atoms with Crippen LogP contribution in [0, 0.1) is 17.1 Å². The lowest BCUT2D eigenvalue weighted by atomic mass is 9.87. The first-order valence-electron chi connectivity index (χ1n) is 4.69. The molecule has 0 amide bonds. The van der Waals surface area contributed by atoms with Crippen LogP contribution in [-0.2, 0) is 6.42 Å². The van der Waals surface area contributed by atoms with Crippen LogP contribution in [0.5, 0.6) is 0 Å². The minimum atomic E-state index is -0.227. The molecule has 1 aromatic carbocycles. The van der Waals surface area contributed by atoms with Crippen molar-refractivity contribution in [2.45, 2.75) is 19.3 Å². The van der Waals surface area contributed by atoms with Crippen molar-refractivity contribution in [2.75, 3.05) is 0 Å². The molecule has 0 atom stereocenters. The molecule has 1 aliphatic carbocycles. The number of hydrogen-bond donors (Lipinski definition) is 0. The fourth-order valence-electron chi connectivity index (χ4n) is 1.90. The number of halogens is 1. The van der Waals surface area contributed by atoms with Gasteiger partial charge in [0, 0.05) is 6.08 Å². The average molecular weight is 187 g/mol. The van der Waals surface area contributed by atoms with Crippen molar-refractivity contribution in [3.05, 3.63) is 41.2 Å². The standard InChI is InChI=1S/C12H10FN/c13-11-5-4-9-2-1-3-10(6-7-14)12(9)8-11/h4-6,8H,1-3H2. The van der Waals surface area contributed by atoms with Gasteiger partial charge in [0.2, 0.25) is 0 Å². The molecule has 0 aliphatic heterocycles. The highest BCUT2D eigenvalue weighted by Gasteiger charge is 2.14. The van der Waals surface area contributed by atoms with E-state index < -0.39 is 0 Å². The molecule has 0 bridgehead atoms. The van der Waals surface area contributed by atoms with Crippen LogP contribution in [0.15, 0.2) is 24.3 Å². The Hall–Kier alpha value is -1.62. The SMILES string of the molecule is N#CC=C1CCCc2ccc(F)cc21. The second-order valence-corrected chi connectivity index (χ2v) is 3.45. The Kier molecular flexibility index (Phi) is 2.32. The van der Waals surface area contributed by atoms with Crippen molar-refractivity contribution in [3.8, 4) is 6.07 Å². The van der Waals surface area contributed by atoms with Crippen molar-refractivity contribution in [1.82, 2.24) is 0 Å². The van der Waals surface area contributed by atoms with E-state index in [1.54, 1.807) is 0 Å². The van der Waals surface area contributed by atoms with Crippen molar-refractivity contribution in [3.63, 3.8) is 0 Å². The molecule has 0 aromatic heterocycles. The third-order valence-electron chi connectivity index (χ3n) is 2.55. The van der Waals surface area contributed by atoms with E-state index in [9.17, 15) is 4.39 Å². The molecule has 1 aliphatic rings. The van der Waals surface area contributed by atoms with Crippen molar-refractivity contribution in [1.29, 1.82) is 5.26 Å². The van der Waals surface area contributed by atoms with Crippen molar-refractivity contribution in [2.24, 2.45) is 0 Å². The Labute approximate surface area is 82.5 Å². The largest absolute Gasteiger partial charge is 0.207 e. The highest BCUT2D eigenvalue weighted by atomic mass is 19.1. The van der Waals surface area contributed by atoms with E-state index in [0.717, 1.165) is 36.0 Å². The zero-order chi connectivity index (χ0) is 9.97. The molecule has 70 valence electrons. The van der Waals surface area contributed by atoms with Gasteiger partial charge in [-0.3, -0.25) is 0 Å². The smallest absolute Gasteiger partial charge is 0.123 e. The van der Waals surface area contributed by atoms with Gasteiger partial charge in [0.05, 0.1) is 6.07 Å². The number of aryl methyl sites for hydroxylation is 1. The first kappa shape index (κ1) is 8.96. The lowest BCUT2D eigenvalue weighted by Gasteiger charge is -2.17. The molecule has 1 nitrogen and oxygen atoms in total. The normalized spacial score (nSPS) is 17.6. The van der Waals surface area contributed by atoms with Gasteiger partial charge in [0.25, 0.3) is 0 Å². The third-order valence-corrected chi connectivity index (χ3v) is 2.55. The fourth-order valence-corrected chi connectivity index (χ4v) is 1.90. The van der Waals surface area contributed by atoms with Gasteiger partial charge in [-0.15, -0.1) is 0 Å². The maximum Gasteiger partial charge on any atom is 0.123 e. The van der Waals surface area contributed by atoms with Crippen LogP contribution in [0.3, 0.4) is 0 Å². The van der Waals surface area contributed by atoms with Crippen LogP contribution in [0.25, 0.3) is 5.57 Å². The molecule has 14 heavy (non-hydrogen) atoms. The first-order chi connectivity index (χ1) is 6.81. The molecular weight excluding hydrogens is 177 g/mol. The first-order valence-corrected chi connectivity index (χ1v) is 4.69. The van der Waals surface area contributed by atoms with Gasteiger partial charge in [0.15, 0.2) is 0 Å². The molecule has 2 heteroatoms. The maximum absolute atomic E-state index is 13.0. The van der Waals surface area contributed by atoms with Gasteiger partial charge in [0.1, 0.15) is 5.82 Å². The van der Waals surface area contributed by atoms with Gasteiger partial charge in [-0.25, -0.2) is 4.39 Å². The Bertz CT molecular complexity index is 426. The summed E-state index contributed by atoms with van der Waals surface area (Å²) in [5.74, 6) is -0.227. The maximum atomic E-state index is 13.0. The van der Waals surface area contributed by atoms with Crippen LogP contribution in [0.1, 0.15) is 24.0 Å². The van der Waals surface area contributed by atoms with E-state index in [-0.39, 0.29) is 5.82 Å². The van der Waals surface area contributed by atoms with Crippen LogP contribution < -0.4 is 0 Å². The molecule has 0 unspecified atom stereocenters. The van der Waals surface area contributed by atoms with Crippen LogP contribution in [-0.4, -0.2) is 0 Å². The highest BCUT2D eigenvalue weighted by Crippen LogP contribution is 2.30. The second-order valence-electron chi connectivity index (χ2n) is 3.45. The summed E-state index contributed by atoms with van der Waals surface area (Å²) >= 11 is 0.